The predicted octanol–water partition coefficient (Wildman–Crippen LogP) is 6.19. The molecule has 0 unspecified atom stereocenters. The second-order valence-corrected chi connectivity index (χ2v) is 7.65. The fourth-order valence-corrected chi connectivity index (χ4v) is 3.37. The van der Waals surface area contributed by atoms with Crippen LogP contribution < -0.4 is 0 Å². The van der Waals surface area contributed by atoms with Gasteiger partial charge in [-0.25, -0.2) is 9.18 Å². The van der Waals surface area contributed by atoms with Crippen molar-refractivity contribution in [3.05, 3.63) is 35.1 Å². The lowest BCUT2D eigenvalue weighted by atomic mass is 10.0. The largest absolute Gasteiger partial charge is 0.462 e. The van der Waals surface area contributed by atoms with Crippen LogP contribution in [0.4, 0.5) is 4.39 Å². The molecule has 1 aromatic rings. The van der Waals surface area contributed by atoms with E-state index in [0.717, 1.165) is 32.1 Å². The highest BCUT2D eigenvalue weighted by atomic mass is 19.1. The summed E-state index contributed by atoms with van der Waals surface area (Å²) in [5, 5.41) is 0. The first-order valence-electron chi connectivity index (χ1n) is 10.9. The maximum absolute atomic E-state index is 14.5. The van der Waals surface area contributed by atoms with Gasteiger partial charge >= 0.3 is 5.97 Å². The SMILES string of the molecule is CCCCCCOC(=O)c1ccc(C2OCC(CCCCCC)CO2)c(F)c1. The summed E-state index contributed by atoms with van der Waals surface area (Å²) in [5.74, 6) is -0.607. The summed E-state index contributed by atoms with van der Waals surface area (Å²) in [4.78, 5) is 12.1. The summed E-state index contributed by atoms with van der Waals surface area (Å²) in [6.07, 6.45) is 9.41. The van der Waals surface area contributed by atoms with Crippen LogP contribution in [-0.2, 0) is 14.2 Å². The third-order valence-electron chi connectivity index (χ3n) is 5.15. The van der Waals surface area contributed by atoms with E-state index in [-0.39, 0.29) is 5.56 Å². The molecular weight excluding hydrogens is 359 g/mol. The number of hydrogen-bond donors (Lipinski definition) is 0. The predicted molar refractivity (Wildman–Crippen MR) is 108 cm³/mol. The number of halogens is 1. The van der Waals surface area contributed by atoms with E-state index in [1.54, 1.807) is 12.1 Å². The van der Waals surface area contributed by atoms with Crippen LogP contribution in [0.25, 0.3) is 0 Å². The molecule has 1 fully saturated rings. The van der Waals surface area contributed by atoms with Gasteiger partial charge in [0.25, 0.3) is 0 Å². The van der Waals surface area contributed by atoms with Crippen LogP contribution in [0.15, 0.2) is 18.2 Å². The Morgan fingerprint density at radius 1 is 1.04 bits per heavy atom. The van der Waals surface area contributed by atoms with Gasteiger partial charge in [0.05, 0.1) is 25.4 Å². The van der Waals surface area contributed by atoms with Gasteiger partial charge < -0.3 is 14.2 Å². The fraction of sp³-hybridized carbons (Fsp3) is 0.696. The maximum Gasteiger partial charge on any atom is 0.338 e. The van der Waals surface area contributed by atoms with Crippen LogP contribution in [0.2, 0.25) is 0 Å². The number of ether oxygens (including phenoxy) is 3. The van der Waals surface area contributed by atoms with Crippen molar-refractivity contribution in [1.29, 1.82) is 0 Å². The van der Waals surface area contributed by atoms with Crippen molar-refractivity contribution in [1.82, 2.24) is 0 Å². The molecule has 28 heavy (non-hydrogen) atoms. The standard InChI is InChI=1S/C23H35FO4/c1-3-5-7-9-11-18-16-27-23(28-17-18)20-13-12-19(15-21(20)24)22(25)26-14-10-8-6-4-2/h12-13,15,18,23H,3-11,14,16-17H2,1-2H3. The molecule has 0 N–H and O–H groups in total. The monoisotopic (exact) mass is 394 g/mol. The Bertz CT molecular complexity index is 582. The van der Waals surface area contributed by atoms with Crippen LogP contribution in [-0.4, -0.2) is 25.8 Å². The zero-order chi connectivity index (χ0) is 20.2. The zero-order valence-corrected chi connectivity index (χ0v) is 17.4. The minimum atomic E-state index is -0.703. The van der Waals surface area contributed by atoms with E-state index in [1.165, 1.54) is 31.7 Å². The van der Waals surface area contributed by atoms with Gasteiger partial charge in [0.2, 0.25) is 0 Å². The van der Waals surface area contributed by atoms with Crippen LogP contribution >= 0.6 is 0 Å². The minimum absolute atomic E-state index is 0.223. The van der Waals surface area contributed by atoms with E-state index in [9.17, 15) is 9.18 Å². The molecule has 0 aliphatic carbocycles. The summed E-state index contributed by atoms with van der Waals surface area (Å²) >= 11 is 0. The van der Waals surface area contributed by atoms with Crippen LogP contribution in [0.1, 0.15) is 93.8 Å². The van der Waals surface area contributed by atoms with Gasteiger partial charge in [0.15, 0.2) is 6.29 Å². The summed E-state index contributed by atoms with van der Waals surface area (Å²) < 4.78 is 31.2. The molecule has 0 amide bonds. The third-order valence-corrected chi connectivity index (χ3v) is 5.15. The van der Waals surface area contributed by atoms with Gasteiger partial charge in [-0.2, -0.15) is 0 Å². The smallest absolute Gasteiger partial charge is 0.338 e. The number of carbonyl (C=O) groups excluding carboxylic acids is 1. The molecule has 1 heterocycles. The van der Waals surface area contributed by atoms with E-state index in [1.807, 2.05) is 0 Å². The molecule has 1 aliphatic heterocycles. The van der Waals surface area contributed by atoms with E-state index in [4.69, 9.17) is 14.2 Å². The molecule has 158 valence electrons. The van der Waals surface area contributed by atoms with Gasteiger partial charge in [-0.15, -0.1) is 0 Å². The number of unbranched alkanes of at least 4 members (excludes halogenated alkanes) is 6. The topological polar surface area (TPSA) is 44.8 Å². The quantitative estimate of drug-likeness (QED) is 0.313. The van der Waals surface area contributed by atoms with Gasteiger partial charge in [-0.1, -0.05) is 64.9 Å². The lowest BCUT2D eigenvalue weighted by Crippen LogP contribution is -2.27. The van der Waals surface area contributed by atoms with Gasteiger partial charge in [0, 0.05) is 11.5 Å². The van der Waals surface area contributed by atoms with Crippen molar-refractivity contribution in [3.8, 4) is 0 Å². The third kappa shape index (κ3) is 7.51. The molecule has 1 aliphatic rings. The summed E-state index contributed by atoms with van der Waals surface area (Å²) in [7, 11) is 0. The highest BCUT2D eigenvalue weighted by Crippen LogP contribution is 2.29. The molecule has 0 saturated carbocycles. The summed E-state index contributed by atoms with van der Waals surface area (Å²) in [6.45, 7) is 5.86. The zero-order valence-electron chi connectivity index (χ0n) is 17.4. The van der Waals surface area contributed by atoms with E-state index in [0.29, 0.717) is 31.3 Å². The molecule has 1 saturated heterocycles. The first kappa shape index (κ1) is 22.8. The Labute approximate surface area is 168 Å². The number of carbonyl (C=O) groups is 1. The Balaban J connectivity index is 1.78. The van der Waals surface area contributed by atoms with Crippen molar-refractivity contribution in [2.75, 3.05) is 19.8 Å². The van der Waals surface area contributed by atoms with Crippen LogP contribution in [0.3, 0.4) is 0 Å². The first-order valence-corrected chi connectivity index (χ1v) is 10.9. The first-order chi connectivity index (χ1) is 13.7. The van der Waals surface area contributed by atoms with E-state index in [2.05, 4.69) is 13.8 Å². The highest BCUT2D eigenvalue weighted by Gasteiger charge is 2.26. The molecule has 1 aromatic carbocycles. The molecule has 0 spiro atoms. The number of hydrogen-bond acceptors (Lipinski definition) is 4. The Morgan fingerprint density at radius 3 is 2.36 bits per heavy atom. The molecule has 2 rings (SSSR count). The molecule has 0 atom stereocenters. The molecule has 5 heteroatoms. The van der Waals surface area contributed by atoms with Crippen molar-refractivity contribution in [3.63, 3.8) is 0 Å². The molecule has 0 bridgehead atoms. The molecule has 4 nitrogen and oxygen atoms in total. The van der Waals surface area contributed by atoms with Crippen molar-refractivity contribution in [2.24, 2.45) is 5.92 Å². The molecule has 0 aromatic heterocycles. The number of benzene rings is 1. The van der Waals surface area contributed by atoms with Gasteiger partial charge in [-0.3, -0.25) is 0 Å². The average Bonchev–Trinajstić information content (AvgIpc) is 2.71. The minimum Gasteiger partial charge on any atom is -0.462 e. The highest BCUT2D eigenvalue weighted by molar-refractivity contribution is 5.89. The average molecular weight is 395 g/mol. The maximum atomic E-state index is 14.5. The Morgan fingerprint density at radius 2 is 1.71 bits per heavy atom. The van der Waals surface area contributed by atoms with Gasteiger partial charge in [-0.05, 0) is 25.0 Å². The lowest BCUT2D eigenvalue weighted by Gasteiger charge is -2.30. The summed E-state index contributed by atoms with van der Waals surface area (Å²) in [5.41, 5.74) is 0.560. The summed E-state index contributed by atoms with van der Waals surface area (Å²) in [6, 6.07) is 4.36. The number of esters is 1. The van der Waals surface area contributed by atoms with Crippen molar-refractivity contribution < 1.29 is 23.4 Å². The fourth-order valence-electron chi connectivity index (χ4n) is 3.37. The van der Waals surface area contributed by atoms with E-state index >= 15 is 0 Å². The molecular formula is C23H35FO4. The van der Waals surface area contributed by atoms with Crippen LogP contribution in [0, 0.1) is 11.7 Å². The van der Waals surface area contributed by atoms with Gasteiger partial charge in [0.1, 0.15) is 5.82 Å². The molecule has 0 radical (unpaired) electrons. The Hall–Kier alpha value is -1.46. The van der Waals surface area contributed by atoms with Crippen LogP contribution in [0.5, 0.6) is 0 Å². The Kier molecular flexibility index (Phi) is 10.5. The number of rotatable bonds is 12. The normalized spacial score (nSPS) is 19.5. The van der Waals surface area contributed by atoms with Crippen molar-refractivity contribution >= 4 is 5.97 Å². The second kappa shape index (κ2) is 12.9. The lowest BCUT2D eigenvalue weighted by molar-refractivity contribution is -0.207. The van der Waals surface area contributed by atoms with Crippen molar-refractivity contribution in [2.45, 2.75) is 77.9 Å². The van der Waals surface area contributed by atoms with E-state index < -0.39 is 18.1 Å². The second-order valence-electron chi connectivity index (χ2n) is 7.65.